The lowest BCUT2D eigenvalue weighted by Gasteiger charge is -2.08. The molecule has 0 fully saturated rings. The summed E-state index contributed by atoms with van der Waals surface area (Å²) in [6.45, 7) is 0. The van der Waals surface area contributed by atoms with Crippen molar-refractivity contribution in [1.82, 2.24) is 10.4 Å². The van der Waals surface area contributed by atoms with Crippen molar-refractivity contribution in [3.05, 3.63) is 0 Å². The summed E-state index contributed by atoms with van der Waals surface area (Å²) in [5.74, 6) is 0. The van der Waals surface area contributed by atoms with Gasteiger partial charge >= 0.3 is 0 Å². The largest absolute Gasteiger partial charge is 0.364 e. The third-order valence-electron chi connectivity index (χ3n) is 0.508. The molecule has 0 aromatic rings. The molecule has 54 valence electrons. The maximum Gasteiger partial charge on any atom is 0.192 e. The first-order valence-electron chi connectivity index (χ1n) is 1.82. The molecule has 0 amide bonds. The standard InChI is InChI=1S/C3H8N2OS.H2S.2H2/c1-4-3(7)5(2)6;;;/h6H,1-2H3,(H,4,7);1H2;2*1H. The smallest absolute Gasteiger partial charge is 0.192 e. The third-order valence-corrected chi connectivity index (χ3v) is 0.976. The summed E-state index contributed by atoms with van der Waals surface area (Å²) in [5.41, 5.74) is 0. The van der Waals surface area contributed by atoms with Crippen molar-refractivity contribution in [2.24, 2.45) is 0 Å². The van der Waals surface area contributed by atoms with Crippen molar-refractivity contribution >= 4 is 30.8 Å². The normalized spacial score (nSPS) is 6.88. The lowest BCUT2D eigenvalue weighted by molar-refractivity contribution is 0.0132. The van der Waals surface area contributed by atoms with E-state index in [1.54, 1.807) is 7.05 Å². The molecule has 5 heteroatoms. The van der Waals surface area contributed by atoms with Gasteiger partial charge in [-0.3, -0.25) is 5.21 Å². The van der Waals surface area contributed by atoms with E-state index in [1.165, 1.54) is 7.05 Å². The third kappa shape index (κ3) is 4.17. The molecule has 0 aromatic heterocycles. The highest BCUT2D eigenvalue weighted by atomic mass is 32.1. The molecule has 8 heavy (non-hydrogen) atoms. The molecule has 0 aliphatic carbocycles. The molecule has 0 saturated carbocycles. The highest BCUT2D eigenvalue weighted by molar-refractivity contribution is 7.80. The molecule has 0 unspecified atom stereocenters. The van der Waals surface area contributed by atoms with Crippen LogP contribution in [0.1, 0.15) is 2.85 Å². The zero-order valence-electron chi connectivity index (χ0n) is 4.80. The molecule has 0 radical (unpaired) electrons. The van der Waals surface area contributed by atoms with Gasteiger partial charge in [0.05, 0.1) is 0 Å². The first-order chi connectivity index (χ1) is 3.18. The Morgan fingerprint density at radius 1 is 1.88 bits per heavy atom. The Kier molecular flexibility index (Phi) is 7.00. The van der Waals surface area contributed by atoms with Gasteiger partial charge in [-0.1, -0.05) is 0 Å². The van der Waals surface area contributed by atoms with Crippen molar-refractivity contribution < 1.29 is 8.06 Å². The molecule has 2 N–H and O–H groups in total. The maximum absolute atomic E-state index is 8.45. The van der Waals surface area contributed by atoms with Gasteiger partial charge in [-0.25, -0.2) is 5.06 Å². The van der Waals surface area contributed by atoms with Crippen LogP contribution < -0.4 is 5.32 Å². The highest BCUT2D eigenvalue weighted by Crippen LogP contribution is 1.71. The van der Waals surface area contributed by atoms with E-state index in [4.69, 9.17) is 5.21 Å². The average molecular weight is 158 g/mol. The monoisotopic (exact) mass is 158 g/mol. The number of hydroxylamine groups is 2. The van der Waals surface area contributed by atoms with Gasteiger partial charge < -0.3 is 5.32 Å². The van der Waals surface area contributed by atoms with Crippen LogP contribution >= 0.6 is 25.7 Å². The molecule has 0 spiro atoms. The van der Waals surface area contributed by atoms with Gasteiger partial charge in [0, 0.05) is 16.9 Å². The van der Waals surface area contributed by atoms with Crippen molar-refractivity contribution in [3.63, 3.8) is 0 Å². The minimum atomic E-state index is 0. The summed E-state index contributed by atoms with van der Waals surface area (Å²) in [6, 6.07) is 0. The first-order valence-corrected chi connectivity index (χ1v) is 2.23. The zero-order chi connectivity index (χ0) is 5.86. The summed E-state index contributed by atoms with van der Waals surface area (Å²) < 4.78 is 0. The fourth-order valence-corrected chi connectivity index (χ4v) is 0.162. The van der Waals surface area contributed by atoms with Crippen molar-refractivity contribution in [2.75, 3.05) is 14.1 Å². The number of thiocarbonyl (C=S) groups is 1. The van der Waals surface area contributed by atoms with Crippen LogP contribution in [0.4, 0.5) is 0 Å². The SMILES string of the molecule is CNC(=S)N(C)O.S.[HH].[HH]. The molecule has 0 aliphatic rings. The van der Waals surface area contributed by atoms with Crippen LogP contribution in [0.2, 0.25) is 0 Å². The van der Waals surface area contributed by atoms with Gasteiger partial charge in [-0.05, 0) is 12.2 Å². The topological polar surface area (TPSA) is 35.5 Å². The average Bonchev–Trinajstić information content (AvgIpc) is 1.65. The van der Waals surface area contributed by atoms with Crippen LogP contribution in [0.15, 0.2) is 0 Å². The summed E-state index contributed by atoms with van der Waals surface area (Å²) in [5, 5.41) is 12.2. The highest BCUT2D eigenvalue weighted by Gasteiger charge is 1.90. The minimum absolute atomic E-state index is 0. The van der Waals surface area contributed by atoms with Crippen LogP contribution in [0, 0.1) is 0 Å². The Hall–Kier alpha value is -0.0000000000000000555. The van der Waals surface area contributed by atoms with E-state index in [-0.39, 0.29) is 16.3 Å². The maximum atomic E-state index is 8.45. The Morgan fingerprint density at radius 3 is 2.25 bits per heavy atom. The molecule has 0 atom stereocenters. The van der Waals surface area contributed by atoms with E-state index < -0.39 is 0 Å². The fraction of sp³-hybridized carbons (Fsp3) is 0.667. The van der Waals surface area contributed by atoms with Crippen LogP contribution in [0.5, 0.6) is 0 Å². The van der Waals surface area contributed by atoms with Crippen molar-refractivity contribution in [3.8, 4) is 0 Å². The van der Waals surface area contributed by atoms with Crippen LogP contribution in [-0.2, 0) is 0 Å². The van der Waals surface area contributed by atoms with Gasteiger partial charge in [-0.2, -0.15) is 13.5 Å². The number of hydrogen-bond acceptors (Lipinski definition) is 2. The number of hydrogen-bond donors (Lipinski definition) is 2. The van der Waals surface area contributed by atoms with Gasteiger partial charge in [0.25, 0.3) is 0 Å². The van der Waals surface area contributed by atoms with Crippen LogP contribution in [0.3, 0.4) is 0 Å². The number of nitrogens with zero attached hydrogens (tertiary/aromatic N) is 1. The van der Waals surface area contributed by atoms with Gasteiger partial charge in [-0.15, -0.1) is 0 Å². The summed E-state index contributed by atoms with van der Waals surface area (Å²) in [7, 11) is 3.11. The first kappa shape index (κ1) is 10.9. The Bertz CT molecular complexity index is 82.9. The number of nitrogens with one attached hydrogen (secondary N) is 1. The predicted octanol–water partition coefficient (Wildman–Crippen LogP) is 0.417. The van der Waals surface area contributed by atoms with E-state index in [2.05, 4.69) is 17.5 Å². The van der Waals surface area contributed by atoms with E-state index in [9.17, 15) is 0 Å². The van der Waals surface area contributed by atoms with Gasteiger partial charge in [0.2, 0.25) is 0 Å². The Balaban J connectivity index is -0.0000000600. The summed E-state index contributed by atoms with van der Waals surface area (Å²) in [4.78, 5) is 0. The molecule has 0 aromatic carbocycles. The van der Waals surface area contributed by atoms with Crippen molar-refractivity contribution in [2.45, 2.75) is 0 Å². The van der Waals surface area contributed by atoms with Gasteiger partial charge in [0.1, 0.15) is 0 Å². The second-order valence-corrected chi connectivity index (χ2v) is 1.47. The lowest BCUT2D eigenvalue weighted by Crippen LogP contribution is -2.31. The minimum Gasteiger partial charge on any atom is -0.364 e. The molecular formula is C3H14N2OS2. The predicted molar refractivity (Wildman–Crippen MR) is 45.8 cm³/mol. The summed E-state index contributed by atoms with van der Waals surface area (Å²) >= 11 is 4.54. The zero-order valence-corrected chi connectivity index (χ0v) is 6.62. The van der Waals surface area contributed by atoms with Gasteiger partial charge in [0.15, 0.2) is 5.11 Å². The molecule has 0 heterocycles. The van der Waals surface area contributed by atoms with E-state index in [0.29, 0.717) is 5.11 Å². The van der Waals surface area contributed by atoms with Crippen molar-refractivity contribution in [1.29, 1.82) is 0 Å². The lowest BCUT2D eigenvalue weighted by atomic mass is 11.0. The Morgan fingerprint density at radius 2 is 2.25 bits per heavy atom. The Labute approximate surface area is 64.0 Å². The van der Waals surface area contributed by atoms with Crippen LogP contribution in [0.25, 0.3) is 0 Å². The summed E-state index contributed by atoms with van der Waals surface area (Å²) in [6.07, 6.45) is 0. The second-order valence-electron chi connectivity index (χ2n) is 1.08. The molecule has 0 saturated heterocycles. The fourth-order valence-electron chi connectivity index (χ4n) is 0.162. The number of rotatable bonds is 0. The van der Waals surface area contributed by atoms with E-state index in [0.717, 1.165) is 5.06 Å². The molecule has 3 nitrogen and oxygen atoms in total. The quantitative estimate of drug-likeness (QED) is 0.395. The van der Waals surface area contributed by atoms with Crippen LogP contribution in [-0.4, -0.2) is 29.5 Å². The molecule has 0 rings (SSSR count). The molecule has 0 aliphatic heterocycles. The molecular weight excluding hydrogens is 144 g/mol. The van der Waals surface area contributed by atoms with E-state index in [1.807, 2.05) is 0 Å². The van der Waals surface area contributed by atoms with E-state index >= 15 is 0 Å². The molecule has 0 bridgehead atoms. The second kappa shape index (κ2) is 5.14.